The molecule has 1 heterocycles. The Morgan fingerprint density at radius 1 is 1.25 bits per heavy atom. The average molecular weight is 270 g/mol. The van der Waals surface area contributed by atoms with E-state index < -0.39 is 0 Å². The predicted molar refractivity (Wildman–Crippen MR) is 84.5 cm³/mol. The summed E-state index contributed by atoms with van der Waals surface area (Å²) in [6.07, 6.45) is 6.16. The zero-order valence-corrected chi connectivity index (χ0v) is 12.7. The molecular formula is C16H22N4. The predicted octanol–water partition coefficient (Wildman–Crippen LogP) is 3.88. The van der Waals surface area contributed by atoms with Crippen molar-refractivity contribution in [2.75, 3.05) is 32.1 Å². The van der Waals surface area contributed by atoms with Gasteiger partial charge in [0.25, 0.3) is 0 Å². The van der Waals surface area contributed by atoms with E-state index in [2.05, 4.69) is 58.3 Å². The minimum atomic E-state index is 0.903. The second-order valence-electron chi connectivity index (χ2n) is 5.10. The highest BCUT2D eigenvalue weighted by Gasteiger charge is 2.03. The minimum absolute atomic E-state index is 0.903. The monoisotopic (exact) mass is 270 g/mol. The number of allylic oxidation sites excluding steroid dienone is 1. The lowest BCUT2D eigenvalue weighted by molar-refractivity contribution is 0.433. The molecule has 0 aliphatic carbocycles. The fraction of sp³-hybridized carbons (Fsp3) is 0.375. The summed E-state index contributed by atoms with van der Waals surface area (Å²) in [6, 6.07) is 6.20. The second kappa shape index (κ2) is 6.37. The first-order valence-corrected chi connectivity index (χ1v) is 6.92. The first-order chi connectivity index (χ1) is 9.60. The highest BCUT2D eigenvalue weighted by molar-refractivity contribution is 5.56. The van der Waals surface area contributed by atoms with E-state index >= 15 is 0 Å². The molecule has 0 spiro atoms. The van der Waals surface area contributed by atoms with Gasteiger partial charge < -0.3 is 9.80 Å². The van der Waals surface area contributed by atoms with Gasteiger partial charge in [-0.3, -0.25) is 0 Å². The number of aryl methyl sites for hydroxylation is 1. The summed E-state index contributed by atoms with van der Waals surface area (Å²) in [6.45, 7) is 6.12. The SMILES string of the molecule is CCN1C=CC(N=Nc2ccc(N(C)C)cc2C)=CC1. The molecule has 0 unspecified atom stereocenters. The van der Waals surface area contributed by atoms with Crippen LogP contribution < -0.4 is 4.90 Å². The van der Waals surface area contributed by atoms with Gasteiger partial charge in [-0.15, -0.1) is 0 Å². The van der Waals surface area contributed by atoms with E-state index in [1.165, 1.54) is 5.69 Å². The van der Waals surface area contributed by atoms with Crippen LogP contribution in [0.2, 0.25) is 0 Å². The third kappa shape index (κ3) is 3.47. The Balaban J connectivity index is 2.09. The van der Waals surface area contributed by atoms with E-state index in [-0.39, 0.29) is 0 Å². The van der Waals surface area contributed by atoms with Crippen LogP contribution in [0.1, 0.15) is 12.5 Å². The lowest BCUT2D eigenvalue weighted by atomic mass is 10.2. The van der Waals surface area contributed by atoms with Gasteiger partial charge in [0.05, 0.1) is 11.4 Å². The van der Waals surface area contributed by atoms with Gasteiger partial charge in [0.15, 0.2) is 0 Å². The Morgan fingerprint density at radius 2 is 2.05 bits per heavy atom. The number of rotatable bonds is 4. The molecule has 1 aromatic rings. The molecule has 2 rings (SSSR count). The highest BCUT2D eigenvalue weighted by atomic mass is 15.1. The molecule has 0 aromatic heterocycles. The molecule has 1 aliphatic heterocycles. The van der Waals surface area contributed by atoms with Crippen LogP contribution in [0.4, 0.5) is 11.4 Å². The molecule has 0 atom stereocenters. The molecule has 1 aromatic carbocycles. The summed E-state index contributed by atoms with van der Waals surface area (Å²) < 4.78 is 0. The zero-order chi connectivity index (χ0) is 14.5. The molecule has 106 valence electrons. The van der Waals surface area contributed by atoms with Gasteiger partial charge in [0.2, 0.25) is 0 Å². The molecule has 0 saturated carbocycles. The van der Waals surface area contributed by atoms with Gasteiger partial charge in [-0.05, 0) is 49.8 Å². The smallest absolute Gasteiger partial charge is 0.0887 e. The third-order valence-corrected chi connectivity index (χ3v) is 3.37. The third-order valence-electron chi connectivity index (χ3n) is 3.37. The van der Waals surface area contributed by atoms with Crippen molar-refractivity contribution < 1.29 is 0 Å². The zero-order valence-electron chi connectivity index (χ0n) is 12.7. The molecule has 1 aliphatic rings. The van der Waals surface area contributed by atoms with Crippen LogP contribution in [-0.4, -0.2) is 32.1 Å². The summed E-state index contributed by atoms with van der Waals surface area (Å²) in [4.78, 5) is 4.30. The van der Waals surface area contributed by atoms with Crippen molar-refractivity contribution in [1.29, 1.82) is 0 Å². The lowest BCUT2D eigenvalue weighted by Gasteiger charge is -2.18. The van der Waals surface area contributed by atoms with Crippen molar-refractivity contribution in [2.24, 2.45) is 10.2 Å². The minimum Gasteiger partial charge on any atom is -0.378 e. The molecule has 0 fully saturated rings. The number of anilines is 1. The van der Waals surface area contributed by atoms with Crippen molar-refractivity contribution >= 4 is 11.4 Å². The second-order valence-corrected chi connectivity index (χ2v) is 5.10. The summed E-state index contributed by atoms with van der Waals surface area (Å²) in [5.41, 5.74) is 4.15. The van der Waals surface area contributed by atoms with Crippen molar-refractivity contribution in [1.82, 2.24) is 4.90 Å². The van der Waals surface area contributed by atoms with E-state index in [0.29, 0.717) is 0 Å². The van der Waals surface area contributed by atoms with Crippen molar-refractivity contribution in [3.63, 3.8) is 0 Å². The van der Waals surface area contributed by atoms with Gasteiger partial charge in [-0.2, -0.15) is 10.2 Å². The van der Waals surface area contributed by atoms with Crippen LogP contribution in [0.5, 0.6) is 0 Å². The van der Waals surface area contributed by atoms with Crippen molar-refractivity contribution in [3.8, 4) is 0 Å². The average Bonchev–Trinajstić information content (AvgIpc) is 2.46. The van der Waals surface area contributed by atoms with Crippen LogP contribution in [0.3, 0.4) is 0 Å². The number of hydrogen-bond acceptors (Lipinski definition) is 4. The standard InChI is InChI=1S/C16H22N4/c1-5-20-10-8-14(9-11-20)17-18-16-7-6-15(19(3)4)12-13(16)2/h6-10,12H,5,11H2,1-4H3. The molecule has 20 heavy (non-hydrogen) atoms. The quantitative estimate of drug-likeness (QED) is 0.777. The molecule has 0 amide bonds. The first kappa shape index (κ1) is 14.3. The van der Waals surface area contributed by atoms with E-state index in [9.17, 15) is 0 Å². The van der Waals surface area contributed by atoms with E-state index in [4.69, 9.17) is 0 Å². The molecule has 0 saturated heterocycles. The van der Waals surface area contributed by atoms with E-state index in [1.807, 2.05) is 26.2 Å². The van der Waals surface area contributed by atoms with Gasteiger partial charge in [-0.1, -0.05) is 0 Å². The van der Waals surface area contributed by atoms with Crippen molar-refractivity contribution in [3.05, 3.63) is 47.8 Å². The van der Waals surface area contributed by atoms with E-state index in [0.717, 1.165) is 30.0 Å². The number of benzene rings is 1. The molecular weight excluding hydrogens is 248 g/mol. The van der Waals surface area contributed by atoms with Gasteiger partial charge in [0.1, 0.15) is 0 Å². The Bertz CT molecular complexity index is 556. The number of hydrogen-bond donors (Lipinski definition) is 0. The molecule has 4 nitrogen and oxygen atoms in total. The van der Waals surface area contributed by atoms with Crippen LogP contribution in [0.15, 0.2) is 52.5 Å². The largest absolute Gasteiger partial charge is 0.378 e. The normalized spacial score (nSPS) is 14.8. The molecule has 4 heteroatoms. The Kier molecular flexibility index (Phi) is 4.56. The molecule has 0 radical (unpaired) electrons. The van der Waals surface area contributed by atoms with Gasteiger partial charge in [-0.25, -0.2) is 0 Å². The maximum atomic E-state index is 4.35. The summed E-state index contributed by atoms with van der Waals surface area (Å²) in [5.74, 6) is 0. The van der Waals surface area contributed by atoms with Crippen LogP contribution in [0, 0.1) is 6.92 Å². The number of azo groups is 1. The fourth-order valence-corrected chi connectivity index (χ4v) is 1.97. The summed E-state index contributed by atoms with van der Waals surface area (Å²) in [5, 5.41) is 8.67. The highest BCUT2D eigenvalue weighted by Crippen LogP contribution is 2.25. The Morgan fingerprint density at radius 3 is 2.60 bits per heavy atom. The van der Waals surface area contributed by atoms with Crippen LogP contribution in [0.25, 0.3) is 0 Å². The van der Waals surface area contributed by atoms with Gasteiger partial charge in [0, 0.05) is 39.1 Å². The maximum Gasteiger partial charge on any atom is 0.0887 e. The fourth-order valence-electron chi connectivity index (χ4n) is 1.97. The topological polar surface area (TPSA) is 31.2 Å². The first-order valence-electron chi connectivity index (χ1n) is 6.92. The van der Waals surface area contributed by atoms with Gasteiger partial charge >= 0.3 is 0 Å². The molecule has 0 bridgehead atoms. The van der Waals surface area contributed by atoms with Crippen LogP contribution >= 0.6 is 0 Å². The number of likely N-dealkylation sites (N-methyl/N-ethyl adjacent to an activating group) is 1. The van der Waals surface area contributed by atoms with Crippen LogP contribution in [-0.2, 0) is 0 Å². The van der Waals surface area contributed by atoms with Crippen molar-refractivity contribution in [2.45, 2.75) is 13.8 Å². The lowest BCUT2D eigenvalue weighted by Crippen LogP contribution is -2.18. The molecule has 0 N–H and O–H groups in total. The van der Waals surface area contributed by atoms with E-state index in [1.54, 1.807) is 0 Å². The Labute approximate surface area is 121 Å². The Hall–Kier alpha value is -2.10. The summed E-state index contributed by atoms with van der Waals surface area (Å²) in [7, 11) is 4.07. The number of nitrogens with zero attached hydrogens (tertiary/aromatic N) is 4. The maximum absolute atomic E-state index is 4.35. The summed E-state index contributed by atoms with van der Waals surface area (Å²) >= 11 is 0.